The topological polar surface area (TPSA) is 65.2 Å². The summed E-state index contributed by atoms with van der Waals surface area (Å²) in [5.41, 5.74) is 3.17. The fourth-order valence-electron chi connectivity index (χ4n) is 4.30. The number of pyridine rings is 1. The standard InChI is InChI=1S/C25H27N5O2/c1-19-7-9-20(10-8-19)21-17-22(23-5-4-16-32-23)30(27-21)25(31)18-28-12-14-29(15-13-28)24-6-2-3-11-26-24/h2-11,16,22H,12-15,17-18H2,1H3/t22-/m1/s1. The summed E-state index contributed by atoms with van der Waals surface area (Å²) >= 11 is 0. The van der Waals surface area contributed by atoms with Gasteiger partial charge in [-0.3, -0.25) is 9.69 Å². The Balaban J connectivity index is 1.28. The van der Waals surface area contributed by atoms with Crippen LogP contribution in [-0.4, -0.2) is 59.2 Å². The Morgan fingerprint density at radius 2 is 1.84 bits per heavy atom. The minimum absolute atomic E-state index is 0.000187. The van der Waals surface area contributed by atoms with Gasteiger partial charge in [0.15, 0.2) is 0 Å². The number of nitrogens with zero attached hydrogens (tertiary/aromatic N) is 5. The molecule has 1 atom stereocenters. The Labute approximate surface area is 188 Å². The van der Waals surface area contributed by atoms with Crippen LogP contribution >= 0.6 is 0 Å². The monoisotopic (exact) mass is 429 g/mol. The number of carbonyl (C=O) groups is 1. The number of benzene rings is 1. The van der Waals surface area contributed by atoms with Crippen LogP contribution in [0.2, 0.25) is 0 Å². The quantitative estimate of drug-likeness (QED) is 0.621. The molecule has 1 saturated heterocycles. The molecule has 2 aliphatic heterocycles. The molecule has 4 heterocycles. The fraction of sp³-hybridized carbons (Fsp3) is 0.320. The number of anilines is 1. The molecular weight excluding hydrogens is 402 g/mol. The summed E-state index contributed by atoms with van der Waals surface area (Å²) in [6, 6.07) is 17.8. The minimum atomic E-state index is -0.205. The lowest BCUT2D eigenvalue weighted by molar-refractivity contribution is -0.134. The van der Waals surface area contributed by atoms with Gasteiger partial charge in [-0.15, -0.1) is 0 Å². The second-order valence-corrected chi connectivity index (χ2v) is 8.34. The van der Waals surface area contributed by atoms with Crippen LogP contribution in [0.3, 0.4) is 0 Å². The molecule has 0 saturated carbocycles. The first-order valence-electron chi connectivity index (χ1n) is 11.1. The smallest absolute Gasteiger partial charge is 0.257 e. The predicted molar refractivity (Wildman–Crippen MR) is 124 cm³/mol. The first kappa shape index (κ1) is 20.5. The Bertz CT molecular complexity index is 1070. The molecule has 0 N–H and O–H groups in total. The van der Waals surface area contributed by atoms with Crippen molar-refractivity contribution in [2.75, 3.05) is 37.6 Å². The molecule has 5 rings (SSSR count). The van der Waals surface area contributed by atoms with E-state index in [-0.39, 0.29) is 11.9 Å². The van der Waals surface area contributed by atoms with Gasteiger partial charge >= 0.3 is 0 Å². The third kappa shape index (κ3) is 4.29. The average molecular weight is 430 g/mol. The molecule has 0 unspecified atom stereocenters. The third-order valence-electron chi connectivity index (χ3n) is 6.13. The summed E-state index contributed by atoms with van der Waals surface area (Å²) in [6.45, 7) is 5.74. The number of rotatable bonds is 5. The van der Waals surface area contributed by atoms with Crippen molar-refractivity contribution >= 4 is 17.4 Å². The van der Waals surface area contributed by atoms with Crippen LogP contribution < -0.4 is 4.90 Å². The predicted octanol–water partition coefficient (Wildman–Crippen LogP) is 3.48. The normalized spacial score (nSPS) is 19.3. The Kier molecular flexibility index (Phi) is 5.73. The number of carbonyl (C=O) groups excluding carboxylic acids is 1. The van der Waals surface area contributed by atoms with E-state index >= 15 is 0 Å². The van der Waals surface area contributed by atoms with E-state index < -0.39 is 0 Å². The number of hydrazone groups is 1. The maximum Gasteiger partial charge on any atom is 0.257 e. The number of aromatic nitrogens is 1. The second kappa shape index (κ2) is 8.96. The van der Waals surface area contributed by atoms with Gasteiger partial charge in [0.1, 0.15) is 17.6 Å². The Morgan fingerprint density at radius 3 is 2.53 bits per heavy atom. The number of piperazine rings is 1. The van der Waals surface area contributed by atoms with E-state index in [9.17, 15) is 4.79 Å². The van der Waals surface area contributed by atoms with E-state index in [1.54, 1.807) is 11.3 Å². The summed E-state index contributed by atoms with van der Waals surface area (Å²) in [4.78, 5) is 22.2. The molecule has 0 radical (unpaired) electrons. The molecule has 1 aromatic carbocycles. The number of amides is 1. The summed E-state index contributed by atoms with van der Waals surface area (Å²) in [6.07, 6.45) is 4.12. The molecule has 7 nitrogen and oxygen atoms in total. The zero-order valence-corrected chi connectivity index (χ0v) is 18.2. The van der Waals surface area contributed by atoms with Crippen LogP contribution in [-0.2, 0) is 4.79 Å². The summed E-state index contributed by atoms with van der Waals surface area (Å²) in [5, 5.41) is 6.37. The van der Waals surface area contributed by atoms with Gasteiger partial charge in [-0.05, 0) is 36.8 Å². The molecule has 0 aliphatic carbocycles. The van der Waals surface area contributed by atoms with Crippen molar-refractivity contribution in [3.63, 3.8) is 0 Å². The van der Waals surface area contributed by atoms with Gasteiger partial charge in [-0.2, -0.15) is 5.10 Å². The molecular formula is C25H27N5O2. The largest absolute Gasteiger partial charge is 0.467 e. The summed E-state index contributed by atoms with van der Waals surface area (Å²) in [7, 11) is 0. The lowest BCUT2D eigenvalue weighted by atomic mass is 10.0. The molecule has 2 aromatic heterocycles. The maximum absolute atomic E-state index is 13.3. The van der Waals surface area contributed by atoms with E-state index in [1.807, 2.05) is 36.5 Å². The molecule has 164 valence electrons. The number of hydrogen-bond donors (Lipinski definition) is 0. The Morgan fingerprint density at radius 1 is 1.03 bits per heavy atom. The van der Waals surface area contributed by atoms with Crippen LogP contribution in [0.5, 0.6) is 0 Å². The van der Waals surface area contributed by atoms with Crippen molar-refractivity contribution in [1.82, 2.24) is 14.9 Å². The van der Waals surface area contributed by atoms with E-state index in [2.05, 4.69) is 46.0 Å². The molecule has 0 spiro atoms. The fourth-order valence-corrected chi connectivity index (χ4v) is 4.30. The van der Waals surface area contributed by atoms with E-state index in [0.717, 1.165) is 49.0 Å². The van der Waals surface area contributed by atoms with Crippen molar-refractivity contribution in [1.29, 1.82) is 0 Å². The highest BCUT2D eigenvalue weighted by Gasteiger charge is 2.35. The third-order valence-corrected chi connectivity index (χ3v) is 6.13. The lowest BCUT2D eigenvalue weighted by Gasteiger charge is -2.35. The Hall–Kier alpha value is -3.45. The maximum atomic E-state index is 13.3. The van der Waals surface area contributed by atoms with Crippen LogP contribution in [0, 0.1) is 6.92 Å². The molecule has 7 heteroatoms. The molecule has 3 aromatic rings. The van der Waals surface area contributed by atoms with Crippen LogP contribution in [0.15, 0.2) is 76.6 Å². The van der Waals surface area contributed by atoms with Crippen LogP contribution in [0.1, 0.15) is 29.3 Å². The van der Waals surface area contributed by atoms with Gasteiger partial charge in [-0.1, -0.05) is 35.9 Å². The van der Waals surface area contributed by atoms with E-state index in [4.69, 9.17) is 9.52 Å². The summed E-state index contributed by atoms with van der Waals surface area (Å²) < 4.78 is 5.66. The number of hydrogen-bond acceptors (Lipinski definition) is 6. The highest BCUT2D eigenvalue weighted by molar-refractivity contribution is 6.03. The van der Waals surface area contributed by atoms with Crippen LogP contribution in [0.25, 0.3) is 0 Å². The highest BCUT2D eigenvalue weighted by Crippen LogP contribution is 2.33. The van der Waals surface area contributed by atoms with Gasteiger partial charge in [0.25, 0.3) is 5.91 Å². The molecule has 0 bridgehead atoms. The van der Waals surface area contributed by atoms with Crippen molar-refractivity contribution in [3.8, 4) is 0 Å². The number of furan rings is 1. The van der Waals surface area contributed by atoms with Crippen molar-refractivity contribution < 1.29 is 9.21 Å². The first-order valence-corrected chi connectivity index (χ1v) is 11.1. The zero-order valence-electron chi connectivity index (χ0n) is 18.2. The van der Waals surface area contributed by atoms with Gasteiger partial charge in [0.2, 0.25) is 0 Å². The SMILES string of the molecule is Cc1ccc(C2=NN(C(=O)CN3CCN(c4ccccn4)CC3)[C@@H](c3ccco3)C2)cc1. The summed E-state index contributed by atoms with van der Waals surface area (Å²) in [5.74, 6) is 1.76. The zero-order chi connectivity index (χ0) is 21.9. The molecule has 1 fully saturated rings. The second-order valence-electron chi connectivity index (χ2n) is 8.34. The van der Waals surface area contributed by atoms with Gasteiger partial charge in [0, 0.05) is 38.8 Å². The van der Waals surface area contributed by atoms with Gasteiger partial charge in [0.05, 0.1) is 18.5 Å². The molecule has 2 aliphatic rings. The highest BCUT2D eigenvalue weighted by atomic mass is 16.3. The first-order chi connectivity index (χ1) is 15.7. The van der Waals surface area contributed by atoms with E-state index in [1.165, 1.54) is 5.56 Å². The molecule has 1 amide bonds. The van der Waals surface area contributed by atoms with Crippen molar-refractivity contribution in [3.05, 3.63) is 83.9 Å². The van der Waals surface area contributed by atoms with E-state index in [0.29, 0.717) is 13.0 Å². The lowest BCUT2D eigenvalue weighted by Crippen LogP contribution is -2.49. The minimum Gasteiger partial charge on any atom is -0.467 e. The average Bonchev–Trinajstić information content (AvgIpc) is 3.51. The van der Waals surface area contributed by atoms with Gasteiger partial charge < -0.3 is 9.32 Å². The number of aryl methyl sites for hydroxylation is 1. The molecule has 32 heavy (non-hydrogen) atoms. The van der Waals surface area contributed by atoms with Crippen molar-refractivity contribution in [2.24, 2.45) is 5.10 Å². The van der Waals surface area contributed by atoms with Crippen LogP contribution in [0.4, 0.5) is 5.82 Å². The van der Waals surface area contributed by atoms with Gasteiger partial charge in [-0.25, -0.2) is 9.99 Å². The van der Waals surface area contributed by atoms with Crippen molar-refractivity contribution in [2.45, 2.75) is 19.4 Å².